The van der Waals surface area contributed by atoms with Gasteiger partial charge in [0, 0.05) is 23.0 Å². The second-order valence-electron chi connectivity index (χ2n) is 3.22. The molecule has 0 bridgehead atoms. The highest BCUT2D eigenvalue weighted by Gasteiger charge is 2.02. The summed E-state index contributed by atoms with van der Waals surface area (Å²) in [5.74, 6) is 0. The van der Waals surface area contributed by atoms with Crippen LogP contribution in [-0.2, 0) is 0 Å². The third-order valence-corrected chi connectivity index (χ3v) is 2.43. The van der Waals surface area contributed by atoms with Crippen LogP contribution in [-0.4, -0.2) is 4.98 Å². The fourth-order valence-corrected chi connectivity index (χ4v) is 1.73. The smallest absolute Gasteiger partial charge is 0.0487 e. The molecular weight excluding hydrogens is 194 g/mol. The van der Waals surface area contributed by atoms with Crippen molar-refractivity contribution in [2.75, 3.05) is 0 Å². The average Bonchev–Trinajstić information content (AvgIpc) is 2.19. The Morgan fingerprint density at radius 2 is 1.79 bits per heavy atom. The lowest BCUT2D eigenvalue weighted by molar-refractivity contribution is 1.33. The number of benzene rings is 1. The first-order valence-corrected chi connectivity index (χ1v) is 4.82. The Bertz CT molecular complexity index is 437. The van der Waals surface area contributed by atoms with E-state index in [9.17, 15) is 0 Å². The van der Waals surface area contributed by atoms with Crippen LogP contribution < -0.4 is 0 Å². The van der Waals surface area contributed by atoms with Crippen LogP contribution in [0.2, 0.25) is 5.02 Å². The summed E-state index contributed by atoms with van der Waals surface area (Å²) in [6, 6.07) is 9.97. The van der Waals surface area contributed by atoms with Crippen LogP contribution in [0.5, 0.6) is 0 Å². The number of aromatic nitrogens is 1. The summed E-state index contributed by atoms with van der Waals surface area (Å²) in [5.41, 5.74) is 3.33. The van der Waals surface area contributed by atoms with Crippen molar-refractivity contribution >= 4 is 11.6 Å². The molecule has 1 nitrogen and oxygen atoms in total. The van der Waals surface area contributed by atoms with Gasteiger partial charge in [-0.3, -0.25) is 4.98 Å². The zero-order valence-electron chi connectivity index (χ0n) is 7.87. The Labute approximate surface area is 88.4 Å². The van der Waals surface area contributed by atoms with Crippen molar-refractivity contribution in [1.82, 2.24) is 4.98 Å². The van der Waals surface area contributed by atoms with E-state index in [1.807, 2.05) is 31.2 Å². The predicted molar refractivity (Wildman–Crippen MR) is 59.4 cm³/mol. The van der Waals surface area contributed by atoms with Gasteiger partial charge in [-0.1, -0.05) is 23.7 Å². The molecule has 0 atom stereocenters. The third-order valence-electron chi connectivity index (χ3n) is 2.12. The fourth-order valence-electron chi connectivity index (χ4n) is 1.39. The van der Waals surface area contributed by atoms with Crippen LogP contribution in [0.4, 0.5) is 0 Å². The Kier molecular flexibility index (Phi) is 2.51. The molecule has 0 radical (unpaired) electrons. The van der Waals surface area contributed by atoms with E-state index in [2.05, 4.69) is 11.1 Å². The first-order valence-electron chi connectivity index (χ1n) is 4.44. The van der Waals surface area contributed by atoms with Crippen molar-refractivity contribution in [2.45, 2.75) is 6.92 Å². The van der Waals surface area contributed by atoms with Gasteiger partial charge in [0.1, 0.15) is 0 Å². The maximum Gasteiger partial charge on any atom is 0.0487 e. The normalized spacial score (nSPS) is 10.1. The van der Waals surface area contributed by atoms with Gasteiger partial charge in [0.25, 0.3) is 0 Å². The van der Waals surface area contributed by atoms with Crippen molar-refractivity contribution in [3.8, 4) is 11.1 Å². The first kappa shape index (κ1) is 9.22. The summed E-state index contributed by atoms with van der Waals surface area (Å²) in [5, 5.41) is 0.788. The van der Waals surface area contributed by atoms with E-state index in [0.717, 1.165) is 16.1 Å². The maximum absolute atomic E-state index is 6.14. The van der Waals surface area contributed by atoms with Crippen LogP contribution in [0.1, 0.15) is 5.56 Å². The quantitative estimate of drug-likeness (QED) is 0.689. The molecule has 2 rings (SSSR count). The van der Waals surface area contributed by atoms with Crippen molar-refractivity contribution in [1.29, 1.82) is 0 Å². The largest absolute Gasteiger partial charge is 0.265 e. The Balaban J connectivity index is 2.53. The molecular formula is C12H10ClN. The molecule has 0 saturated carbocycles. The Hall–Kier alpha value is -1.34. The highest BCUT2D eigenvalue weighted by atomic mass is 35.5. The first-order chi connectivity index (χ1) is 6.77. The molecule has 0 saturated heterocycles. The second-order valence-corrected chi connectivity index (χ2v) is 3.63. The molecule has 1 aromatic carbocycles. The maximum atomic E-state index is 6.14. The monoisotopic (exact) mass is 203 g/mol. The van der Waals surface area contributed by atoms with Crippen LogP contribution in [0, 0.1) is 6.92 Å². The molecule has 2 aromatic rings. The SMILES string of the molecule is Cc1ccc(-c2ccncc2)c(Cl)c1. The second kappa shape index (κ2) is 3.81. The van der Waals surface area contributed by atoms with E-state index < -0.39 is 0 Å². The zero-order chi connectivity index (χ0) is 9.97. The van der Waals surface area contributed by atoms with E-state index in [1.165, 1.54) is 5.56 Å². The molecule has 0 fully saturated rings. The molecule has 0 aliphatic heterocycles. The third kappa shape index (κ3) is 1.78. The standard InChI is InChI=1S/C12H10ClN/c1-9-2-3-11(12(13)8-9)10-4-6-14-7-5-10/h2-8H,1H3. The van der Waals surface area contributed by atoms with Gasteiger partial charge in [-0.15, -0.1) is 0 Å². The van der Waals surface area contributed by atoms with E-state index >= 15 is 0 Å². The molecule has 0 aliphatic rings. The summed E-state index contributed by atoms with van der Waals surface area (Å²) in [6.07, 6.45) is 3.54. The summed E-state index contributed by atoms with van der Waals surface area (Å²) < 4.78 is 0. The van der Waals surface area contributed by atoms with Crippen molar-refractivity contribution < 1.29 is 0 Å². The van der Waals surface area contributed by atoms with Crippen molar-refractivity contribution in [3.05, 3.63) is 53.3 Å². The van der Waals surface area contributed by atoms with Crippen LogP contribution in [0.15, 0.2) is 42.7 Å². The van der Waals surface area contributed by atoms with Gasteiger partial charge in [-0.2, -0.15) is 0 Å². The van der Waals surface area contributed by atoms with Crippen molar-refractivity contribution in [2.24, 2.45) is 0 Å². The molecule has 0 unspecified atom stereocenters. The summed E-state index contributed by atoms with van der Waals surface area (Å²) >= 11 is 6.14. The lowest BCUT2D eigenvalue weighted by atomic mass is 10.1. The van der Waals surface area contributed by atoms with Gasteiger partial charge in [0.15, 0.2) is 0 Å². The van der Waals surface area contributed by atoms with Crippen molar-refractivity contribution in [3.63, 3.8) is 0 Å². The highest BCUT2D eigenvalue weighted by molar-refractivity contribution is 6.33. The van der Waals surface area contributed by atoms with E-state index in [1.54, 1.807) is 12.4 Å². The number of rotatable bonds is 1. The zero-order valence-corrected chi connectivity index (χ0v) is 8.62. The molecule has 1 aromatic heterocycles. The van der Waals surface area contributed by atoms with Gasteiger partial charge in [0.2, 0.25) is 0 Å². The summed E-state index contributed by atoms with van der Waals surface area (Å²) in [7, 11) is 0. The van der Waals surface area contributed by atoms with E-state index in [4.69, 9.17) is 11.6 Å². The van der Waals surface area contributed by atoms with Crippen LogP contribution in [0.3, 0.4) is 0 Å². The van der Waals surface area contributed by atoms with Gasteiger partial charge in [-0.25, -0.2) is 0 Å². The molecule has 0 aliphatic carbocycles. The van der Waals surface area contributed by atoms with Gasteiger partial charge >= 0.3 is 0 Å². The van der Waals surface area contributed by atoms with Crippen LogP contribution in [0.25, 0.3) is 11.1 Å². The van der Waals surface area contributed by atoms with Gasteiger partial charge in [0.05, 0.1) is 0 Å². The number of nitrogens with zero attached hydrogens (tertiary/aromatic N) is 1. The van der Waals surface area contributed by atoms with Crippen LogP contribution >= 0.6 is 11.6 Å². The molecule has 2 heteroatoms. The van der Waals surface area contributed by atoms with E-state index in [-0.39, 0.29) is 0 Å². The molecule has 1 heterocycles. The number of halogens is 1. The predicted octanol–water partition coefficient (Wildman–Crippen LogP) is 3.71. The fraction of sp³-hybridized carbons (Fsp3) is 0.0833. The molecule has 0 N–H and O–H groups in total. The van der Waals surface area contributed by atoms with Gasteiger partial charge < -0.3 is 0 Å². The van der Waals surface area contributed by atoms with Gasteiger partial charge in [-0.05, 0) is 36.2 Å². The minimum Gasteiger partial charge on any atom is -0.265 e. The minimum absolute atomic E-state index is 0.788. The number of hydrogen-bond donors (Lipinski definition) is 0. The Morgan fingerprint density at radius 3 is 2.43 bits per heavy atom. The average molecular weight is 204 g/mol. The summed E-state index contributed by atoms with van der Waals surface area (Å²) in [6.45, 7) is 2.03. The van der Waals surface area contributed by atoms with E-state index in [0.29, 0.717) is 0 Å². The lowest BCUT2D eigenvalue weighted by Crippen LogP contribution is -1.81. The minimum atomic E-state index is 0.788. The molecule has 14 heavy (non-hydrogen) atoms. The Morgan fingerprint density at radius 1 is 1.07 bits per heavy atom. The topological polar surface area (TPSA) is 12.9 Å². The molecule has 0 amide bonds. The number of aryl methyl sites for hydroxylation is 1. The summed E-state index contributed by atoms with van der Waals surface area (Å²) in [4.78, 5) is 3.98. The highest BCUT2D eigenvalue weighted by Crippen LogP contribution is 2.27. The molecule has 70 valence electrons. The molecule has 0 spiro atoms. The number of hydrogen-bond acceptors (Lipinski definition) is 1. The number of pyridine rings is 1. The lowest BCUT2D eigenvalue weighted by Gasteiger charge is -2.04.